The van der Waals surface area contributed by atoms with Crippen molar-refractivity contribution in [2.24, 2.45) is 0 Å². The number of carbonyl (C=O) groups is 1. The maximum Gasteiger partial charge on any atom is 0.277 e. The standard InChI is InChI=1S/C15H17N3O2/c1-10-7-14(17-20-10)15(19)16-13-4-3-11-5-6-18(2)9-12(11)8-13/h3-4,7-8H,5-6,9H2,1-2H3,(H,16,19). The van der Waals surface area contributed by atoms with Crippen molar-refractivity contribution in [3.63, 3.8) is 0 Å². The third-order valence-electron chi connectivity index (χ3n) is 3.53. The van der Waals surface area contributed by atoms with Gasteiger partial charge in [-0.2, -0.15) is 0 Å². The minimum absolute atomic E-state index is 0.244. The Bertz CT molecular complexity index is 648. The van der Waals surface area contributed by atoms with Crippen molar-refractivity contribution >= 4 is 11.6 Å². The zero-order chi connectivity index (χ0) is 14.1. The molecule has 5 heteroatoms. The smallest absolute Gasteiger partial charge is 0.277 e. The summed E-state index contributed by atoms with van der Waals surface area (Å²) in [6.07, 6.45) is 1.06. The lowest BCUT2D eigenvalue weighted by molar-refractivity contribution is 0.101. The maximum atomic E-state index is 12.0. The van der Waals surface area contributed by atoms with E-state index < -0.39 is 0 Å². The van der Waals surface area contributed by atoms with Crippen LogP contribution in [-0.2, 0) is 13.0 Å². The van der Waals surface area contributed by atoms with Gasteiger partial charge >= 0.3 is 0 Å². The van der Waals surface area contributed by atoms with Crippen molar-refractivity contribution in [2.45, 2.75) is 19.9 Å². The number of aromatic nitrogens is 1. The van der Waals surface area contributed by atoms with Gasteiger partial charge < -0.3 is 14.7 Å². The molecule has 0 unspecified atom stereocenters. The molecular formula is C15H17N3O2. The first-order valence-corrected chi connectivity index (χ1v) is 6.67. The summed E-state index contributed by atoms with van der Waals surface area (Å²) in [6, 6.07) is 7.69. The van der Waals surface area contributed by atoms with E-state index in [-0.39, 0.29) is 5.91 Å². The number of rotatable bonds is 2. The zero-order valence-corrected chi connectivity index (χ0v) is 11.6. The fraction of sp³-hybridized carbons (Fsp3) is 0.333. The summed E-state index contributed by atoms with van der Waals surface area (Å²) in [5.41, 5.74) is 3.73. The molecule has 0 saturated heterocycles. The Hall–Kier alpha value is -2.14. The van der Waals surface area contributed by atoms with Crippen LogP contribution in [0.2, 0.25) is 0 Å². The van der Waals surface area contributed by atoms with E-state index in [2.05, 4.69) is 28.5 Å². The predicted molar refractivity (Wildman–Crippen MR) is 75.7 cm³/mol. The van der Waals surface area contributed by atoms with E-state index in [9.17, 15) is 4.79 Å². The lowest BCUT2D eigenvalue weighted by Crippen LogP contribution is -2.26. The monoisotopic (exact) mass is 271 g/mol. The minimum atomic E-state index is -0.244. The first-order chi connectivity index (χ1) is 9.61. The molecule has 3 rings (SSSR count). The Labute approximate surface area is 117 Å². The zero-order valence-electron chi connectivity index (χ0n) is 11.6. The summed E-state index contributed by atoms with van der Waals surface area (Å²) < 4.78 is 4.91. The second-order valence-electron chi connectivity index (χ2n) is 5.25. The van der Waals surface area contributed by atoms with Crippen LogP contribution < -0.4 is 5.32 Å². The summed E-state index contributed by atoms with van der Waals surface area (Å²) in [6.45, 7) is 3.76. The highest BCUT2D eigenvalue weighted by Crippen LogP contribution is 2.22. The number of aryl methyl sites for hydroxylation is 1. The highest BCUT2D eigenvalue weighted by Gasteiger charge is 2.15. The molecule has 0 atom stereocenters. The summed E-state index contributed by atoms with van der Waals surface area (Å²) in [7, 11) is 2.10. The molecule has 1 amide bonds. The van der Waals surface area contributed by atoms with Crippen LogP contribution in [-0.4, -0.2) is 29.6 Å². The molecule has 1 aromatic carbocycles. The van der Waals surface area contributed by atoms with Gasteiger partial charge in [-0.1, -0.05) is 11.2 Å². The van der Waals surface area contributed by atoms with Gasteiger partial charge in [0.05, 0.1) is 0 Å². The SMILES string of the molecule is Cc1cc(C(=O)Nc2ccc3c(c2)CN(C)CC3)no1. The number of carbonyl (C=O) groups excluding carboxylic acids is 1. The highest BCUT2D eigenvalue weighted by atomic mass is 16.5. The van der Waals surface area contributed by atoms with Crippen LogP contribution in [0.4, 0.5) is 5.69 Å². The van der Waals surface area contributed by atoms with Crippen molar-refractivity contribution in [1.82, 2.24) is 10.1 Å². The number of likely N-dealkylation sites (N-methyl/N-ethyl adjacent to an activating group) is 1. The van der Waals surface area contributed by atoms with E-state index in [0.29, 0.717) is 11.5 Å². The van der Waals surface area contributed by atoms with Crippen LogP contribution in [0.1, 0.15) is 27.4 Å². The van der Waals surface area contributed by atoms with Gasteiger partial charge in [0.25, 0.3) is 5.91 Å². The molecule has 104 valence electrons. The van der Waals surface area contributed by atoms with E-state index >= 15 is 0 Å². The third kappa shape index (κ3) is 2.58. The van der Waals surface area contributed by atoms with Crippen LogP contribution in [0.25, 0.3) is 0 Å². The molecule has 0 radical (unpaired) electrons. The molecule has 5 nitrogen and oxygen atoms in total. The van der Waals surface area contributed by atoms with Crippen LogP contribution in [0.15, 0.2) is 28.8 Å². The van der Waals surface area contributed by atoms with Gasteiger partial charge in [-0.3, -0.25) is 4.79 Å². The van der Waals surface area contributed by atoms with Gasteiger partial charge in [0.2, 0.25) is 0 Å². The van der Waals surface area contributed by atoms with Gasteiger partial charge in [0.1, 0.15) is 5.76 Å². The Kier molecular flexibility index (Phi) is 3.28. The summed E-state index contributed by atoms with van der Waals surface area (Å²) in [4.78, 5) is 14.3. The Balaban J connectivity index is 1.78. The van der Waals surface area contributed by atoms with E-state index in [0.717, 1.165) is 25.2 Å². The third-order valence-corrected chi connectivity index (χ3v) is 3.53. The molecule has 1 N–H and O–H groups in total. The molecule has 1 aliphatic heterocycles. The molecule has 2 aromatic rings. The van der Waals surface area contributed by atoms with Crippen molar-refractivity contribution < 1.29 is 9.32 Å². The average molecular weight is 271 g/mol. The number of nitrogens with one attached hydrogen (secondary N) is 1. The van der Waals surface area contributed by atoms with E-state index in [4.69, 9.17) is 4.52 Å². The lowest BCUT2D eigenvalue weighted by atomic mass is 9.99. The number of hydrogen-bond acceptors (Lipinski definition) is 4. The summed E-state index contributed by atoms with van der Waals surface area (Å²) >= 11 is 0. The van der Waals surface area contributed by atoms with E-state index in [1.807, 2.05) is 12.1 Å². The predicted octanol–water partition coefficient (Wildman–Crippen LogP) is 2.22. The van der Waals surface area contributed by atoms with Gasteiger partial charge in [-0.05, 0) is 43.7 Å². The first-order valence-electron chi connectivity index (χ1n) is 6.67. The van der Waals surface area contributed by atoms with Crippen LogP contribution in [0.3, 0.4) is 0 Å². The van der Waals surface area contributed by atoms with Crippen molar-refractivity contribution in [1.29, 1.82) is 0 Å². The fourth-order valence-corrected chi connectivity index (χ4v) is 2.44. The highest BCUT2D eigenvalue weighted by molar-refractivity contribution is 6.02. The van der Waals surface area contributed by atoms with Crippen LogP contribution in [0.5, 0.6) is 0 Å². The largest absolute Gasteiger partial charge is 0.361 e. The number of benzene rings is 1. The number of hydrogen-bond donors (Lipinski definition) is 1. The molecule has 0 saturated carbocycles. The molecular weight excluding hydrogens is 254 g/mol. The van der Waals surface area contributed by atoms with Gasteiger partial charge in [-0.25, -0.2) is 0 Å². The van der Waals surface area contributed by atoms with E-state index in [1.54, 1.807) is 13.0 Å². The Morgan fingerprint density at radius 3 is 2.95 bits per heavy atom. The van der Waals surface area contributed by atoms with Gasteiger partial charge in [0.15, 0.2) is 5.69 Å². The quantitative estimate of drug-likeness (QED) is 0.910. The second-order valence-corrected chi connectivity index (χ2v) is 5.25. The number of anilines is 1. The first kappa shape index (κ1) is 12.9. The molecule has 0 spiro atoms. The average Bonchev–Trinajstić information content (AvgIpc) is 2.85. The molecule has 2 heterocycles. The number of nitrogens with zero attached hydrogens (tertiary/aromatic N) is 2. The molecule has 0 bridgehead atoms. The summed E-state index contributed by atoms with van der Waals surface area (Å²) in [5.74, 6) is 0.383. The normalized spacial score (nSPS) is 14.9. The molecule has 1 aliphatic rings. The molecule has 1 aromatic heterocycles. The van der Waals surface area contributed by atoms with Crippen molar-refractivity contribution in [3.8, 4) is 0 Å². The molecule has 0 fully saturated rings. The molecule has 0 aliphatic carbocycles. The summed E-state index contributed by atoms with van der Waals surface area (Å²) in [5, 5.41) is 6.57. The maximum absolute atomic E-state index is 12.0. The molecule has 20 heavy (non-hydrogen) atoms. The van der Waals surface area contributed by atoms with Crippen molar-refractivity contribution in [3.05, 3.63) is 46.8 Å². The number of amides is 1. The van der Waals surface area contributed by atoms with Crippen LogP contribution in [0, 0.1) is 6.92 Å². The van der Waals surface area contributed by atoms with Gasteiger partial charge in [0, 0.05) is 24.8 Å². The number of fused-ring (bicyclic) bond motifs is 1. The topological polar surface area (TPSA) is 58.4 Å². The lowest BCUT2D eigenvalue weighted by Gasteiger charge is -2.25. The fourth-order valence-electron chi connectivity index (χ4n) is 2.44. The second kappa shape index (κ2) is 5.09. The Morgan fingerprint density at radius 1 is 1.35 bits per heavy atom. The Morgan fingerprint density at radius 2 is 2.20 bits per heavy atom. The van der Waals surface area contributed by atoms with Gasteiger partial charge in [-0.15, -0.1) is 0 Å². The van der Waals surface area contributed by atoms with Crippen LogP contribution >= 0.6 is 0 Å². The van der Waals surface area contributed by atoms with Crippen molar-refractivity contribution in [2.75, 3.05) is 18.9 Å². The minimum Gasteiger partial charge on any atom is -0.361 e. The van der Waals surface area contributed by atoms with E-state index in [1.165, 1.54) is 11.1 Å².